The number of carboxylic acid groups (broad SMARTS) is 1. The second-order valence-electron chi connectivity index (χ2n) is 5.38. The molecule has 0 atom stereocenters. The summed E-state index contributed by atoms with van der Waals surface area (Å²) in [6, 6.07) is 6.35. The lowest BCUT2D eigenvalue weighted by Crippen LogP contribution is -2.31. The second-order valence-corrected chi connectivity index (χ2v) is 5.38. The molecule has 2 rings (SSSR count). The van der Waals surface area contributed by atoms with Crippen molar-refractivity contribution in [3.8, 4) is 0 Å². The monoisotopic (exact) mass is 233 g/mol. The molecule has 0 amide bonds. The van der Waals surface area contributed by atoms with Crippen LogP contribution in [0.25, 0.3) is 0 Å². The molecule has 3 nitrogen and oxygen atoms in total. The first kappa shape index (κ1) is 12.0. The number of nitrogens with one attached hydrogen (secondary N) is 1. The van der Waals surface area contributed by atoms with Crippen LogP contribution in [-0.4, -0.2) is 17.6 Å². The van der Waals surface area contributed by atoms with Crippen molar-refractivity contribution >= 4 is 11.7 Å². The first-order valence-corrected chi connectivity index (χ1v) is 6.08. The topological polar surface area (TPSA) is 49.3 Å². The van der Waals surface area contributed by atoms with E-state index in [0.29, 0.717) is 6.54 Å². The Hall–Kier alpha value is -1.51. The van der Waals surface area contributed by atoms with Crippen LogP contribution in [0.2, 0.25) is 0 Å². The molecule has 0 heterocycles. The molecule has 1 aliphatic rings. The Morgan fingerprint density at radius 2 is 2.06 bits per heavy atom. The van der Waals surface area contributed by atoms with Gasteiger partial charge in [-0.25, -0.2) is 0 Å². The summed E-state index contributed by atoms with van der Waals surface area (Å²) in [7, 11) is 0. The van der Waals surface area contributed by atoms with Crippen LogP contribution >= 0.6 is 0 Å². The van der Waals surface area contributed by atoms with Gasteiger partial charge in [0.2, 0.25) is 0 Å². The SMILES string of the molecule is CC(C)(CNc1ccc2c(c1)CCC2)C(=O)O. The van der Waals surface area contributed by atoms with E-state index in [9.17, 15) is 4.79 Å². The van der Waals surface area contributed by atoms with Gasteiger partial charge >= 0.3 is 5.97 Å². The number of fused-ring (bicyclic) bond motifs is 1. The molecular weight excluding hydrogens is 214 g/mol. The van der Waals surface area contributed by atoms with Crippen LogP contribution < -0.4 is 5.32 Å². The van der Waals surface area contributed by atoms with Crippen LogP contribution in [0.3, 0.4) is 0 Å². The summed E-state index contributed by atoms with van der Waals surface area (Å²) < 4.78 is 0. The highest BCUT2D eigenvalue weighted by atomic mass is 16.4. The van der Waals surface area contributed by atoms with Gasteiger partial charge < -0.3 is 10.4 Å². The average Bonchev–Trinajstić information content (AvgIpc) is 2.73. The van der Waals surface area contributed by atoms with E-state index >= 15 is 0 Å². The molecule has 0 unspecified atom stereocenters. The maximum absolute atomic E-state index is 11.0. The van der Waals surface area contributed by atoms with Gasteiger partial charge in [-0.2, -0.15) is 0 Å². The Labute approximate surface area is 102 Å². The van der Waals surface area contributed by atoms with Gasteiger partial charge in [-0.3, -0.25) is 4.79 Å². The van der Waals surface area contributed by atoms with Gasteiger partial charge in [0.1, 0.15) is 0 Å². The lowest BCUT2D eigenvalue weighted by atomic mass is 9.94. The van der Waals surface area contributed by atoms with Gasteiger partial charge in [-0.15, -0.1) is 0 Å². The fraction of sp³-hybridized carbons (Fsp3) is 0.500. The van der Waals surface area contributed by atoms with Crippen LogP contribution in [0.1, 0.15) is 31.4 Å². The molecule has 1 aromatic rings. The van der Waals surface area contributed by atoms with Crippen molar-refractivity contribution in [3.63, 3.8) is 0 Å². The third kappa shape index (κ3) is 2.60. The van der Waals surface area contributed by atoms with Gasteiger partial charge in [-0.05, 0) is 56.4 Å². The zero-order valence-corrected chi connectivity index (χ0v) is 10.4. The number of hydrogen-bond donors (Lipinski definition) is 2. The van der Waals surface area contributed by atoms with Gasteiger partial charge in [0, 0.05) is 12.2 Å². The number of anilines is 1. The zero-order chi connectivity index (χ0) is 12.5. The van der Waals surface area contributed by atoms with Crippen molar-refractivity contribution in [2.75, 3.05) is 11.9 Å². The van der Waals surface area contributed by atoms with Crippen LogP contribution in [0.5, 0.6) is 0 Å². The number of aryl methyl sites for hydroxylation is 2. The highest BCUT2D eigenvalue weighted by molar-refractivity contribution is 5.74. The number of hydrogen-bond acceptors (Lipinski definition) is 2. The predicted octanol–water partition coefficient (Wildman–Crippen LogP) is 2.70. The number of carboxylic acids is 1. The summed E-state index contributed by atoms with van der Waals surface area (Å²) in [6.45, 7) is 3.91. The van der Waals surface area contributed by atoms with E-state index in [2.05, 4.69) is 17.4 Å². The summed E-state index contributed by atoms with van der Waals surface area (Å²) in [6.07, 6.45) is 3.56. The molecular formula is C14H19NO2. The van der Waals surface area contributed by atoms with Crippen molar-refractivity contribution < 1.29 is 9.90 Å². The lowest BCUT2D eigenvalue weighted by molar-refractivity contribution is -0.146. The maximum atomic E-state index is 11.0. The fourth-order valence-electron chi connectivity index (χ4n) is 2.08. The van der Waals surface area contributed by atoms with E-state index < -0.39 is 11.4 Å². The van der Waals surface area contributed by atoms with Crippen molar-refractivity contribution in [2.24, 2.45) is 5.41 Å². The summed E-state index contributed by atoms with van der Waals surface area (Å²) >= 11 is 0. The molecule has 1 aromatic carbocycles. The Morgan fingerprint density at radius 3 is 2.76 bits per heavy atom. The Bertz CT molecular complexity index is 438. The molecule has 92 valence electrons. The predicted molar refractivity (Wildman–Crippen MR) is 68.4 cm³/mol. The molecule has 17 heavy (non-hydrogen) atoms. The minimum Gasteiger partial charge on any atom is -0.481 e. The van der Waals surface area contributed by atoms with E-state index in [1.54, 1.807) is 13.8 Å². The number of benzene rings is 1. The average molecular weight is 233 g/mol. The molecule has 0 radical (unpaired) electrons. The first-order valence-electron chi connectivity index (χ1n) is 6.08. The Balaban J connectivity index is 2.03. The first-order chi connectivity index (χ1) is 7.99. The number of aliphatic carboxylic acids is 1. The summed E-state index contributed by atoms with van der Waals surface area (Å²) in [4.78, 5) is 11.0. The van der Waals surface area contributed by atoms with Gasteiger partial charge in [0.05, 0.1) is 5.41 Å². The fourth-order valence-corrected chi connectivity index (χ4v) is 2.08. The van der Waals surface area contributed by atoms with E-state index in [0.717, 1.165) is 12.1 Å². The van der Waals surface area contributed by atoms with Crippen molar-refractivity contribution in [3.05, 3.63) is 29.3 Å². The lowest BCUT2D eigenvalue weighted by Gasteiger charge is -2.20. The molecule has 0 bridgehead atoms. The van der Waals surface area contributed by atoms with Crippen molar-refractivity contribution in [1.29, 1.82) is 0 Å². The molecule has 0 fully saturated rings. The number of carbonyl (C=O) groups is 1. The molecule has 1 aliphatic carbocycles. The normalized spacial score (nSPS) is 14.5. The minimum absolute atomic E-state index is 0.446. The third-order valence-corrected chi connectivity index (χ3v) is 3.41. The quantitative estimate of drug-likeness (QED) is 0.840. The van der Waals surface area contributed by atoms with Gasteiger partial charge in [-0.1, -0.05) is 6.07 Å². The van der Waals surface area contributed by atoms with E-state index in [1.807, 2.05) is 6.07 Å². The van der Waals surface area contributed by atoms with Crippen LogP contribution in [0.4, 0.5) is 5.69 Å². The Morgan fingerprint density at radius 1 is 1.35 bits per heavy atom. The molecule has 3 heteroatoms. The minimum atomic E-state index is -0.772. The molecule has 0 saturated carbocycles. The summed E-state index contributed by atoms with van der Waals surface area (Å²) in [5.41, 5.74) is 3.13. The van der Waals surface area contributed by atoms with Crippen LogP contribution in [-0.2, 0) is 17.6 Å². The molecule has 0 spiro atoms. The largest absolute Gasteiger partial charge is 0.481 e. The van der Waals surface area contributed by atoms with Gasteiger partial charge in [0.15, 0.2) is 0 Å². The maximum Gasteiger partial charge on any atom is 0.310 e. The van der Waals surface area contributed by atoms with E-state index in [1.165, 1.54) is 24.0 Å². The smallest absolute Gasteiger partial charge is 0.310 e. The van der Waals surface area contributed by atoms with E-state index in [4.69, 9.17) is 5.11 Å². The highest BCUT2D eigenvalue weighted by Crippen LogP contribution is 2.25. The summed E-state index contributed by atoms with van der Waals surface area (Å²) in [5, 5.41) is 12.2. The molecule has 0 saturated heterocycles. The van der Waals surface area contributed by atoms with Crippen LogP contribution in [0.15, 0.2) is 18.2 Å². The molecule has 2 N–H and O–H groups in total. The van der Waals surface area contributed by atoms with Crippen molar-refractivity contribution in [2.45, 2.75) is 33.1 Å². The van der Waals surface area contributed by atoms with Gasteiger partial charge in [0.25, 0.3) is 0 Å². The third-order valence-electron chi connectivity index (χ3n) is 3.41. The molecule has 0 aromatic heterocycles. The standard InChI is InChI=1S/C14H19NO2/c1-14(2,13(16)17)9-15-12-7-6-10-4-3-5-11(10)8-12/h6-8,15H,3-5,9H2,1-2H3,(H,16,17). The van der Waals surface area contributed by atoms with Crippen LogP contribution in [0, 0.1) is 5.41 Å². The Kier molecular flexibility index (Phi) is 3.09. The molecule has 0 aliphatic heterocycles. The van der Waals surface area contributed by atoms with E-state index in [-0.39, 0.29) is 0 Å². The highest BCUT2D eigenvalue weighted by Gasteiger charge is 2.26. The summed E-state index contributed by atoms with van der Waals surface area (Å²) in [5.74, 6) is -0.772. The zero-order valence-electron chi connectivity index (χ0n) is 10.4. The van der Waals surface area contributed by atoms with Crippen molar-refractivity contribution in [1.82, 2.24) is 0 Å². The number of rotatable bonds is 4. The second kappa shape index (κ2) is 4.40.